The lowest BCUT2D eigenvalue weighted by molar-refractivity contribution is -0.133. The number of methoxy groups -OCH3 is 2. The van der Waals surface area contributed by atoms with E-state index in [1.807, 2.05) is 49.4 Å². The van der Waals surface area contributed by atoms with E-state index >= 15 is 0 Å². The highest BCUT2D eigenvalue weighted by atomic mass is 19.1. The number of esters is 1. The predicted molar refractivity (Wildman–Crippen MR) is 147 cm³/mol. The number of halogens is 1. The number of carbonyl (C=O) groups excluding carboxylic acids is 1. The minimum Gasteiger partial charge on any atom is -0.503 e. The number of nitrogens with zero attached hydrogens (tertiary/aromatic N) is 2. The molecule has 0 spiro atoms. The van der Waals surface area contributed by atoms with Crippen LogP contribution in [-0.2, 0) is 37.2 Å². The molecule has 39 heavy (non-hydrogen) atoms. The Morgan fingerprint density at radius 2 is 1.62 bits per heavy atom. The van der Waals surface area contributed by atoms with Crippen molar-refractivity contribution >= 4 is 23.0 Å². The van der Waals surface area contributed by atoms with Gasteiger partial charge in [0.15, 0.2) is 0 Å². The Kier molecular flexibility index (Phi) is 11.1. The molecule has 0 aliphatic carbocycles. The van der Waals surface area contributed by atoms with Gasteiger partial charge in [0.2, 0.25) is 0 Å². The average Bonchev–Trinajstić information content (AvgIpc) is 2.97. The van der Waals surface area contributed by atoms with E-state index in [0.717, 1.165) is 16.7 Å². The Balaban J connectivity index is 1.74. The van der Waals surface area contributed by atoms with Crippen LogP contribution in [0, 0.1) is 5.82 Å². The Morgan fingerprint density at radius 1 is 0.897 bits per heavy atom. The minimum atomic E-state index is -0.526. The standard InChI is InChI=1S/C30H31FN2O6/c1-5-28(32-39-19-23-8-6-7-9-26(23)27(20-35-2)30(34)36-3)29(33-37-4)22-12-16-25(17-13-22)38-18-21-10-14-24(31)15-11-21/h6-17,20H,5,18-19H2,1-4H3. The quantitative estimate of drug-likeness (QED) is 0.0892. The van der Waals surface area contributed by atoms with Crippen LogP contribution in [0.3, 0.4) is 0 Å². The number of hydrogen-bond acceptors (Lipinski definition) is 8. The van der Waals surface area contributed by atoms with Crippen molar-refractivity contribution in [1.29, 1.82) is 0 Å². The molecule has 0 unspecified atom stereocenters. The van der Waals surface area contributed by atoms with E-state index in [-0.39, 0.29) is 18.0 Å². The molecule has 3 aromatic carbocycles. The Bertz CT molecular complexity index is 1320. The van der Waals surface area contributed by atoms with Crippen molar-refractivity contribution in [2.75, 3.05) is 21.3 Å². The highest BCUT2D eigenvalue weighted by Gasteiger charge is 2.17. The van der Waals surface area contributed by atoms with E-state index in [9.17, 15) is 9.18 Å². The molecule has 0 aromatic heterocycles. The molecular weight excluding hydrogens is 503 g/mol. The molecule has 9 heteroatoms. The third-order valence-corrected chi connectivity index (χ3v) is 5.58. The molecule has 0 aliphatic heterocycles. The first kappa shape index (κ1) is 28.9. The molecule has 0 saturated carbocycles. The average molecular weight is 535 g/mol. The van der Waals surface area contributed by atoms with Gasteiger partial charge in [-0.05, 0) is 53.9 Å². The molecule has 0 amide bonds. The summed E-state index contributed by atoms with van der Waals surface area (Å²) in [7, 11) is 4.23. The molecule has 0 radical (unpaired) electrons. The molecular formula is C30H31FN2O6. The first-order chi connectivity index (χ1) is 19.0. The first-order valence-corrected chi connectivity index (χ1v) is 12.2. The van der Waals surface area contributed by atoms with Gasteiger partial charge < -0.3 is 23.9 Å². The van der Waals surface area contributed by atoms with Crippen molar-refractivity contribution in [2.24, 2.45) is 10.3 Å². The minimum absolute atomic E-state index is 0.0914. The van der Waals surface area contributed by atoms with Gasteiger partial charge in [0.1, 0.15) is 48.9 Å². The summed E-state index contributed by atoms with van der Waals surface area (Å²) in [5.74, 6) is -0.168. The van der Waals surface area contributed by atoms with Gasteiger partial charge in [-0.1, -0.05) is 53.6 Å². The third-order valence-electron chi connectivity index (χ3n) is 5.58. The maximum absolute atomic E-state index is 13.1. The fourth-order valence-corrected chi connectivity index (χ4v) is 3.63. The van der Waals surface area contributed by atoms with Gasteiger partial charge in [-0.15, -0.1) is 0 Å². The van der Waals surface area contributed by atoms with Gasteiger partial charge in [0, 0.05) is 11.1 Å². The first-order valence-electron chi connectivity index (χ1n) is 12.2. The summed E-state index contributed by atoms with van der Waals surface area (Å²) in [6.07, 6.45) is 1.85. The summed E-state index contributed by atoms with van der Waals surface area (Å²) >= 11 is 0. The second-order valence-electron chi connectivity index (χ2n) is 8.14. The maximum Gasteiger partial charge on any atom is 0.341 e. The number of hydrogen-bond donors (Lipinski definition) is 0. The molecule has 204 valence electrons. The Morgan fingerprint density at radius 3 is 2.26 bits per heavy atom. The summed E-state index contributed by atoms with van der Waals surface area (Å²) in [5, 5.41) is 8.50. The fourth-order valence-electron chi connectivity index (χ4n) is 3.63. The van der Waals surface area contributed by atoms with E-state index in [2.05, 4.69) is 10.3 Å². The summed E-state index contributed by atoms with van der Waals surface area (Å²) in [6, 6.07) is 20.7. The van der Waals surface area contributed by atoms with Crippen LogP contribution in [-0.4, -0.2) is 38.7 Å². The predicted octanol–water partition coefficient (Wildman–Crippen LogP) is 5.90. The molecule has 0 heterocycles. The van der Waals surface area contributed by atoms with Crippen LogP contribution >= 0.6 is 0 Å². The highest BCUT2D eigenvalue weighted by molar-refractivity contribution is 6.48. The Hall–Kier alpha value is -4.66. The van der Waals surface area contributed by atoms with Gasteiger partial charge in [0.05, 0.1) is 20.5 Å². The van der Waals surface area contributed by atoms with Crippen molar-refractivity contribution in [3.63, 3.8) is 0 Å². The molecule has 0 aliphatic rings. The third kappa shape index (κ3) is 8.16. The molecule has 0 bridgehead atoms. The van der Waals surface area contributed by atoms with Crippen molar-refractivity contribution in [1.82, 2.24) is 0 Å². The SMILES string of the molecule is CCC(=NOCc1ccccc1C(=COC)C(=O)OC)C(=NOC)c1ccc(OCc2ccc(F)cc2)cc1. The zero-order chi connectivity index (χ0) is 28.0. The van der Waals surface area contributed by atoms with Gasteiger partial charge in [-0.3, -0.25) is 0 Å². The van der Waals surface area contributed by atoms with Crippen LogP contribution in [0.2, 0.25) is 0 Å². The lowest BCUT2D eigenvalue weighted by Crippen LogP contribution is -2.16. The van der Waals surface area contributed by atoms with E-state index in [1.54, 1.807) is 18.2 Å². The number of oxime groups is 2. The summed E-state index contributed by atoms with van der Waals surface area (Å²) in [4.78, 5) is 23.0. The van der Waals surface area contributed by atoms with Crippen LogP contribution in [0.15, 0.2) is 89.4 Å². The zero-order valence-corrected chi connectivity index (χ0v) is 22.3. The lowest BCUT2D eigenvalue weighted by Gasteiger charge is -2.12. The molecule has 8 nitrogen and oxygen atoms in total. The molecule has 0 saturated heterocycles. The number of benzene rings is 3. The van der Waals surface area contributed by atoms with E-state index in [0.29, 0.717) is 35.8 Å². The zero-order valence-electron chi connectivity index (χ0n) is 22.3. The van der Waals surface area contributed by atoms with Crippen LogP contribution in [0.1, 0.15) is 35.6 Å². The molecule has 0 atom stereocenters. The van der Waals surface area contributed by atoms with E-state index < -0.39 is 5.97 Å². The molecule has 0 fully saturated rings. The van der Waals surface area contributed by atoms with E-state index in [4.69, 9.17) is 23.9 Å². The van der Waals surface area contributed by atoms with Crippen molar-refractivity contribution in [3.8, 4) is 5.75 Å². The van der Waals surface area contributed by atoms with Crippen LogP contribution in [0.5, 0.6) is 5.75 Å². The van der Waals surface area contributed by atoms with Crippen molar-refractivity contribution < 1.29 is 33.1 Å². The summed E-state index contributed by atoms with van der Waals surface area (Å²) < 4.78 is 28.9. The number of rotatable bonds is 13. The lowest BCUT2D eigenvalue weighted by atomic mass is 10.0. The normalized spacial score (nSPS) is 12.1. The van der Waals surface area contributed by atoms with Crippen molar-refractivity contribution in [2.45, 2.75) is 26.6 Å². The second kappa shape index (κ2) is 14.9. The smallest absolute Gasteiger partial charge is 0.341 e. The number of carbonyl (C=O) groups is 1. The van der Waals surface area contributed by atoms with Crippen LogP contribution in [0.25, 0.3) is 5.57 Å². The van der Waals surface area contributed by atoms with Crippen molar-refractivity contribution in [3.05, 3.63) is 107 Å². The van der Waals surface area contributed by atoms with Crippen LogP contribution < -0.4 is 4.74 Å². The monoisotopic (exact) mass is 534 g/mol. The fraction of sp³-hybridized carbons (Fsp3) is 0.233. The van der Waals surface area contributed by atoms with Gasteiger partial charge in [-0.2, -0.15) is 0 Å². The Labute approximate surface area is 227 Å². The topological polar surface area (TPSA) is 87.9 Å². The van der Waals surface area contributed by atoms with Gasteiger partial charge in [0.25, 0.3) is 0 Å². The van der Waals surface area contributed by atoms with Gasteiger partial charge >= 0.3 is 5.97 Å². The van der Waals surface area contributed by atoms with Gasteiger partial charge in [-0.25, -0.2) is 9.18 Å². The summed E-state index contributed by atoms with van der Waals surface area (Å²) in [6.45, 7) is 2.33. The second-order valence-corrected chi connectivity index (χ2v) is 8.14. The largest absolute Gasteiger partial charge is 0.503 e. The highest BCUT2D eigenvalue weighted by Crippen LogP contribution is 2.22. The molecule has 0 N–H and O–H groups in total. The summed E-state index contributed by atoms with van der Waals surface area (Å²) in [5.41, 5.74) is 4.29. The van der Waals surface area contributed by atoms with Crippen LogP contribution in [0.4, 0.5) is 4.39 Å². The number of ether oxygens (including phenoxy) is 3. The van der Waals surface area contributed by atoms with E-state index in [1.165, 1.54) is 39.7 Å². The molecule has 3 rings (SSSR count). The maximum atomic E-state index is 13.1. The molecule has 3 aromatic rings.